The highest BCUT2D eigenvalue weighted by atomic mass is 35.5. The molecule has 0 aliphatic carbocycles. The van der Waals surface area contributed by atoms with Crippen LogP contribution in [0, 0.1) is 11.3 Å². The molecule has 2 aromatic carbocycles. The molecule has 12 heteroatoms. The number of nitrogens with zero attached hydrogens (tertiary/aromatic N) is 4. The molecule has 0 radical (unpaired) electrons. The lowest BCUT2D eigenvalue weighted by atomic mass is 10.1. The molecule has 2 aliphatic heterocycles. The number of hydrogen-bond acceptors (Lipinski definition) is 9. The normalized spacial score (nSPS) is 16.2. The fourth-order valence-electron chi connectivity index (χ4n) is 5.15. The van der Waals surface area contributed by atoms with E-state index in [2.05, 4.69) is 21.3 Å². The molecule has 2 aliphatic rings. The summed E-state index contributed by atoms with van der Waals surface area (Å²) in [5.41, 5.74) is 2.26. The van der Waals surface area contributed by atoms with Gasteiger partial charge < -0.3 is 34.3 Å². The number of rotatable bonds is 10. The molecule has 3 aromatic rings. The third kappa shape index (κ3) is 7.07. The third-order valence-corrected chi connectivity index (χ3v) is 7.76. The van der Waals surface area contributed by atoms with Crippen molar-refractivity contribution in [1.82, 2.24) is 14.8 Å². The summed E-state index contributed by atoms with van der Waals surface area (Å²) in [6.07, 6.45) is 2.54. The van der Waals surface area contributed by atoms with Gasteiger partial charge in [-0.25, -0.2) is 4.79 Å². The maximum absolute atomic E-state index is 11.2. The summed E-state index contributed by atoms with van der Waals surface area (Å²) in [6.45, 7) is 5.67. The number of fused-ring (bicyclic) bond motifs is 1. The minimum Gasteiger partial charge on any atom is -0.493 e. The van der Waals surface area contributed by atoms with E-state index < -0.39 is 6.09 Å². The number of nitrogens with one attached hydrogen (secondary N) is 1. The summed E-state index contributed by atoms with van der Waals surface area (Å²) in [5, 5.41) is 23.5. The van der Waals surface area contributed by atoms with E-state index in [0.717, 1.165) is 39.3 Å². The summed E-state index contributed by atoms with van der Waals surface area (Å²) < 4.78 is 23.2. The number of hydrogen-bond donors (Lipinski definition) is 2. The average molecular weight is 596 g/mol. The van der Waals surface area contributed by atoms with Gasteiger partial charge in [0.2, 0.25) is 0 Å². The molecule has 0 atom stereocenters. The van der Waals surface area contributed by atoms with Crippen LogP contribution in [0.1, 0.15) is 24.8 Å². The molecule has 222 valence electrons. The van der Waals surface area contributed by atoms with Gasteiger partial charge >= 0.3 is 6.09 Å². The van der Waals surface area contributed by atoms with Crippen LogP contribution in [-0.2, 0) is 4.74 Å². The van der Waals surface area contributed by atoms with E-state index in [9.17, 15) is 10.1 Å². The van der Waals surface area contributed by atoms with E-state index >= 15 is 0 Å². The minimum atomic E-state index is -0.914. The first kappa shape index (κ1) is 29.5. The van der Waals surface area contributed by atoms with Crippen LogP contribution in [-0.4, -0.2) is 91.7 Å². The summed E-state index contributed by atoms with van der Waals surface area (Å²) in [5.74, 6) is 1.66. The molecule has 2 fully saturated rings. The predicted octanol–water partition coefficient (Wildman–Crippen LogP) is 5.13. The zero-order valence-corrected chi connectivity index (χ0v) is 24.2. The van der Waals surface area contributed by atoms with E-state index in [1.807, 2.05) is 12.1 Å². The standard InChI is InChI=1S/C30H34ClN5O6/c1-39-27-17-25-23(16-28(27)41-12-2-7-35-10-13-40-14-11-35)29(20(18-32)19-33-25)34-21-3-4-26(24(31)15-21)42-22-5-8-36(9-6-22)30(37)38/h3-4,15-17,19,22H,2,5-14H2,1H3,(H,33,34)(H,37,38). The van der Waals surface area contributed by atoms with Crippen LogP contribution in [0.3, 0.4) is 0 Å². The van der Waals surface area contributed by atoms with Crippen molar-refractivity contribution in [2.45, 2.75) is 25.4 Å². The highest BCUT2D eigenvalue weighted by Gasteiger charge is 2.24. The first-order valence-electron chi connectivity index (χ1n) is 14.0. The quantitative estimate of drug-likeness (QED) is 0.304. The van der Waals surface area contributed by atoms with E-state index in [1.165, 1.54) is 11.1 Å². The van der Waals surface area contributed by atoms with Crippen molar-refractivity contribution in [2.24, 2.45) is 0 Å². The molecule has 3 heterocycles. The highest BCUT2D eigenvalue weighted by molar-refractivity contribution is 6.32. The van der Waals surface area contributed by atoms with Gasteiger partial charge in [-0.05, 0) is 30.7 Å². The number of methoxy groups -OCH3 is 1. The summed E-state index contributed by atoms with van der Waals surface area (Å²) >= 11 is 6.58. The van der Waals surface area contributed by atoms with E-state index in [4.69, 9.17) is 35.7 Å². The monoisotopic (exact) mass is 595 g/mol. The van der Waals surface area contributed by atoms with Crippen LogP contribution in [0.4, 0.5) is 16.2 Å². The SMILES string of the molecule is COc1cc2ncc(C#N)c(Nc3ccc(OC4CCN(C(=O)O)CC4)c(Cl)c3)c2cc1OCCCN1CCOCC1. The second-order valence-electron chi connectivity index (χ2n) is 10.2. The molecular formula is C30H34ClN5O6. The van der Waals surface area contributed by atoms with E-state index in [-0.39, 0.29) is 6.10 Å². The predicted molar refractivity (Wildman–Crippen MR) is 158 cm³/mol. The molecule has 0 saturated carbocycles. The fourth-order valence-corrected chi connectivity index (χ4v) is 5.37. The van der Waals surface area contributed by atoms with Crippen molar-refractivity contribution < 1.29 is 28.8 Å². The Morgan fingerprint density at radius 3 is 2.64 bits per heavy atom. The molecule has 1 aromatic heterocycles. The number of likely N-dealkylation sites (tertiary alicyclic amines) is 1. The second-order valence-corrected chi connectivity index (χ2v) is 10.6. The number of morpholine rings is 1. The Kier molecular flexibility index (Phi) is 9.69. The summed E-state index contributed by atoms with van der Waals surface area (Å²) in [7, 11) is 1.59. The number of aromatic nitrogens is 1. The Hall–Kier alpha value is -3.98. The summed E-state index contributed by atoms with van der Waals surface area (Å²) in [4.78, 5) is 19.4. The number of amides is 1. The molecule has 5 rings (SSSR count). The van der Waals surface area contributed by atoms with Crippen molar-refractivity contribution in [2.75, 3.05) is 65.0 Å². The number of nitriles is 1. The Balaban J connectivity index is 1.31. The van der Waals surface area contributed by atoms with Gasteiger partial charge in [0.1, 0.15) is 17.9 Å². The van der Waals surface area contributed by atoms with Crippen LogP contribution in [0.5, 0.6) is 17.2 Å². The van der Waals surface area contributed by atoms with Crippen molar-refractivity contribution >= 4 is 40.0 Å². The van der Waals surface area contributed by atoms with Crippen molar-refractivity contribution in [3.63, 3.8) is 0 Å². The van der Waals surface area contributed by atoms with Gasteiger partial charge in [0, 0.05) is 68.9 Å². The molecule has 2 N–H and O–H groups in total. The molecule has 42 heavy (non-hydrogen) atoms. The van der Waals surface area contributed by atoms with Gasteiger partial charge in [0.05, 0.1) is 48.7 Å². The van der Waals surface area contributed by atoms with Gasteiger partial charge in [0.25, 0.3) is 0 Å². The Labute approximate surface area is 249 Å². The number of benzene rings is 2. The number of anilines is 2. The van der Waals surface area contributed by atoms with Crippen molar-refractivity contribution in [3.05, 3.63) is 47.1 Å². The first-order valence-corrected chi connectivity index (χ1v) is 14.4. The Morgan fingerprint density at radius 1 is 1.17 bits per heavy atom. The van der Waals surface area contributed by atoms with Crippen LogP contribution >= 0.6 is 11.6 Å². The van der Waals surface area contributed by atoms with E-state index in [1.54, 1.807) is 25.3 Å². The zero-order valence-electron chi connectivity index (χ0n) is 23.5. The van der Waals surface area contributed by atoms with Gasteiger partial charge in [0.15, 0.2) is 11.5 Å². The van der Waals surface area contributed by atoms with Gasteiger partial charge in [-0.15, -0.1) is 0 Å². The van der Waals surface area contributed by atoms with E-state index in [0.29, 0.717) is 82.7 Å². The smallest absolute Gasteiger partial charge is 0.407 e. The maximum atomic E-state index is 11.2. The highest BCUT2D eigenvalue weighted by Crippen LogP contribution is 2.38. The lowest BCUT2D eigenvalue weighted by Crippen LogP contribution is -2.41. The van der Waals surface area contributed by atoms with Gasteiger partial charge in [-0.1, -0.05) is 11.6 Å². The van der Waals surface area contributed by atoms with Crippen molar-refractivity contribution in [3.8, 4) is 23.3 Å². The fraction of sp³-hybridized carbons (Fsp3) is 0.433. The lowest BCUT2D eigenvalue weighted by Gasteiger charge is -2.30. The largest absolute Gasteiger partial charge is 0.493 e. The van der Waals surface area contributed by atoms with Crippen LogP contribution in [0.2, 0.25) is 5.02 Å². The first-order chi connectivity index (χ1) is 20.4. The van der Waals surface area contributed by atoms with Crippen molar-refractivity contribution in [1.29, 1.82) is 5.26 Å². The lowest BCUT2D eigenvalue weighted by molar-refractivity contribution is 0.0357. The molecule has 0 bridgehead atoms. The number of piperidine rings is 1. The maximum Gasteiger partial charge on any atom is 0.407 e. The number of halogens is 1. The molecule has 0 spiro atoms. The number of pyridine rings is 1. The van der Waals surface area contributed by atoms with Crippen LogP contribution in [0.15, 0.2) is 36.5 Å². The second kappa shape index (κ2) is 13.8. The van der Waals surface area contributed by atoms with Gasteiger partial charge in [-0.2, -0.15) is 5.26 Å². The van der Waals surface area contributed by atoms with Gasteiger partial charge in [-0.3, -0.25) is 9.88 Å². The summed E-state index contributed by atoms with van der Waals surface area (Å²) in [6, 6.07) is 11.2. The number of ether oxygens (including phenoxy) is 4. The van der Waals surface area contributed by atoms with Crippen LogP contribution in [0.25, 0.3) is 10.9 Å². The Morgan fingerprint density at radius 2 is 1.95 bits per heavy atom. The number of carboxylic acid groups (broad SMARTS) is 1. The zero-order chi connectivity index (χ0) is 29.5. The average Bonchev–Trinajstić information content (AvgIpc) is 3.01. The molecule has 2 saturated heterocycles. The molecule has 11 nitrogen and oxygen atoms in total. The van der Waals surface area contributed by atoms with Crippen LogP contribution < -0.4 is 19.5 Å². The number of carbonyl (C=O) groups is 1. The molecule has 0 unspecified atom stereocenters. The topological polar surface area (TPSA) is 129 Å². The third-order valence-electron chi connectivity index (χ3n) is 7.46. The Bertz CT molecular complexity index is 1450. The molecule has 1 amide bonds. The minimum absolute atomic E-state index is 0.117. The molecular weight excluding hydrogens is 562 g/mol.